The molecule has 3 aromatic carbocycles. The molecule has 230 valence electrons. The molecule has 4 rings (SSSR count). The smallest absolute Gasteiger partial charge is 0.244 e. The molecule has 0 saturated heterocycles. The Hall–Kier alpha value is -3.27. The molecule has 0 heterocycles. The van der Waals surface area contributed by atoms with Gasteiger partial charge in [-0.3, -0.25) is 13.9 Å². The number of ether oxygens (including phenoxy) is 1. The molecule has 1 saturated carbocycles. The molecule has 0 aliphatic heterocycles. The maximum atomic E-state index is 14.3. The van der Waals surface area contributed by atoms with E-state index in [1.165, 1.54) is 12.0 Å². The highest BCUT2D eigenvalue weighted by Crippen LogP contribution is 2.32. The summed E-state index contributed by atoms with van der Waals surface area (Å²) in [5, 5.41) is 3.82. The van der Waals surface area contributed by atoms with Gasteiger partial charge in [-0.25, -0.2) is 8.42 Å². The molecule has 11 heteroatoms. The first kappa shape index (κ1) is 32.6. The van der Waals surface area contributed by atoms with Crippen LogP contribution in [-0.4, -0.2) is 57.1 Å². The molecule has 1 atom stereocenters. The van der Waals surface area contributed by atoms with Crippen LogP contribution in [0, 0.1) is 6.92 Å². The van der Waals surface area contributed by atoms with Crippen LogP contribution < -0.4 is 14.4 Å². The molecule has 3 aromatic rings. The lowest BCUT2D eigenvalue weighted by atomic mass is 10.0. The lowest BCUT2D eigenvalue weighted by Crippen LogP contribution is -2.54. The van der Waals surface area contributed by atoms with Crippen molar-refractivity contribution < 1.29 is 22.7 Å². The Morgan fingerprint density at radius 1 is 0.977 bits per heavy atom. The number of nitrogens with zero attached hydrogens (tertiary/aromatic N) is 2. The Bertz CT molecular complexity index is 1550. The Kier molecular flexibility index (Phi) is 11.0. The van der Waals surface area contributed by atoms with Crippen LogP contribution in [0.4, 0.5) is 5.69 Å². The van der Waals surface area contributed by atoms with Gasteiger partial charge >= 0.3 is 0 Å². The number of halogens is 2. The minimum absolute atomic E-state index is 0.00780. The summed E-state index contributed by atoms with van der Waals surface area (Å²) in [5.41, 5.74) is 2.54. The second-order valence-corrected chi connectivity index (χ2v) is 13.6. The quantitative estimate of drug-likeness (QED) is 0.270. The van der Waals surface area contributed by atoms with Crippen LogP contribution in [0.3, 0.4) is 0 Å². The maximum Gasteiger partial charge on any atom is 0.244 e. The predicted molar refractivity (Wildman–Crippen MR) is 171 cm³/mol. The molecule has 0 aromatic heterocycles. The third kappa shape index (κ3) is 8.65. The van der Waals surface area contributed by atoms with Crippen molar-refractivity contribution in [2.24, 2.45) is 0 Å². The van der Waals surface area contributed by atoms with E-state index < -0.39 is 28.5 Å². The van der Waals surface area contributed by atoms with Gasteiger partial charge < -0.3 is 15.0 Å². The Morgan fingerprint density at radius 3 is 2.30 bits per heavy atom. The summed E-state index contributed by atoms with van der Waals surface area (Å²) in [6.07, 6.45) is 5.08. The van der Waals surface area contributed by atoms with E-state index in [1.54, 1.807) is 36.4 Å². The highest BCUT2D eigenvalue weighted by atomic mass is 35.5. The zero-order valence-corrected chi connectivity index (χ0v) is 26.9. The zero-order valence-electron chi connectivity index (χ0n) is 24.6. The number of sulfonamides is 1. The summed E-state index contributed by atoms with van der Waals surface area (Å²) in [6.45, 7) is 1.29. The van der Waals surface area contributed by atoms with Gasteiger partial charge in [0.05, 0.1) is 29.1 Å². The Labute approximate surface area is 264 Å². The van der Waals surface area contributed by atoms with Gasteiger partial charge in [-0.05, 0) is 60.7 Å². The van der Waals surface area contributed by atoms with Crippen LogP contribution >= 0.6 is 23.2 Å². The molecule has 0 unspecified atom stereocenters. The molecular formula is C32H37Cl2N3O5S. The molecule has 43 heavy (non-hydrogen) atoms. The van der Waals surface area contributed by atoms with E-state index in [-0.39, 0.29) is 30.6 Å². The maximum absolute atomic E-state index is 14.3. The summed E-state index contributed by atoms with van der Waals surface area (Å²) >= 11 is 12.5. The summed E-state index contributed by atoms with van der Waals surface area (Å²) in [5.74, 6) is -0.537. The van der Waals surface area contributed by atoms with Gasteiger partial charge in [0, 0.05) is 19.0 Å². The monoisotopic (exact) mass is 645 g/mol. The van der Waals surface area contributed by atoms with Gasteiger partial charge in [0.15, 0.2) is 0 Å². The molecule has 1 aliphatic carbocycles. The van der Waals surface area contributed by atoms with E-state index in [2.05, 4.69) is 5.32 Å². The second kappa shape index (κ2) is 14.5. The number of benzene rings is 3. The highest BCUT2D eigenvalue weighted by Gasteiger charge is 2.35. The predicted octanol–water partition coefficient (Wildman–Crippen LogP) is 5.78. The number of carbonyl (C=O) groups is 2. The summed E-state index contributed by atoms with van der Waals surface area (Å²) in [7, 11) is -2.50. The number of carbonyl (C=O) groups excluding carboxylic acids is 2. The van der Waals surface area contributed by atoms with Crippen molar-refractivity contribution in [2.75, 3.05) is 24.2 Å². The molecule has 1 aliphatic rings. The van der Waals surface area contributed by atoms with Gasteiger partial charge in [-0.1, -0.05) is 78.5 Å². The Morgan fingerprint density at radius 2 is 1.67 bits per heavy atom. The van der Waals surface area contributed by atoms with Crippen LogP contribution in [0.2, 0.25) is 10.0 Å². The number of hydrogen-bond donors (Lipinski definition) is 1. The number of hydrogen-bond acceptors (Lipinski definition) is 5. The fraction of sp³-hybridized carbons (Fsp3) is 0.375. The number of rotatable bonds is 12. The van der Waals surface area contributed by atoms with E-state index in [1.807, 2.05) is 37.3 Å². The number of amides is 2. The molecular weight excluding hydrogens is 609 g/mol. The molecule has 0 bridgehead atoms. The normalized spacial score (nSPS) is 14.3. The average Bonchev–Trinajstić information content (AvgIpc) is 3.48. The van der Waals surface area contributed by atoms with E-state index in [0.29, 0.717) is 21.4 Å². The van der Waals surface area contributed by atoms with Crippen molar-refractivity contribution in [3.63, 3.8) is 0 Å². The van der Waals surface area contributed by atoms with Gasteiger partial charge in [-0.2, -0.15) is 0 Å². The minimum Gasteiger partial charge on any atom is -0.495 e. The van der Waals surface area contributed by atoms with Gasteiger partial charge in [0.1, 0.15) is 18.3 Å². The first-order chi connectivity index (χ1) is 20.5. The third-order valence-corrected chi connectivity index (χ3v) is 9.46. The fourth-order valence-electron chi connectivity index (χ4n) is 5.35. The first-order valence-corrected chi connectivity index (χ1v) is 16.8. The van der Waals surface area contributed by atoms with Crippen LogP contribution in [0.5, 0.6) is 5.75 Å². The van der Waals surface area contributed by atoms with Crippen molar-refractivity contribution in [2.45, 2.75) is 57.7 Å². The van der Waals surface area contributed by atoms with Crippen molar-refractivity contribution in [3.05, 3.63) is 93.5 Å². The SMILES string of the molecule is COc1ccc(C)cc1N(CC(=O)N(Cc1ccc(Cl)c(Cl)c1)[C@H](Cc1ccccc1)C(=O)NC1CCCC1)S(C)(=O)=O. The van der Waals surface area contributed by atoms with E-state index in [4.69, 9.17) is 27.9 Å². The number of nitrogens with one attached hydrogen (secondary N) is 1. The third-order valence-electron chi connectivity index (χ3n) is 7.59. The van der Waals surface area contributed by atoms with E-state index >= 15 is 0 Å². The molecule has 8 nitrogen and oxygen atoms in total. The van der Waals surface area contributed by atoms with Crippen molar-refractivity contribution >= 4 is 50.7 Å². The number of anilines is 1. The minimum atomic E-state index is -3.94. The van der Waals surface area contributed by atoms with E-state index in [9.17, 15) is 18.0 Å². The molecule has 0 radical (unpaired) electrons. The standard InChI is InChI=1S/C32H37Cl2N3O5S/c1-22-13-16-30(42-2)28(17-22)37(43(3,40)41)21-31(38)36(20-24-14-15-26(33)27(34)18-24)29(19-23-9-5-4-6-10-23)32(39)35-25-11-7-8-12-25/h4-6,9-10,13-18,25,29H,7-8,11-12,19-21H2,1-3H3,(H,35,39)/t29-/m1/s1. The van der Waals surface area contributed by atoms with Crippen LogP contribution in [0.25, 0.3) is 0 Å². The first-order valence-electron chi connectivity index (χ1n) is 14.2. The van der Waals surface area contributed by atoms with Crippen molar-refractivity contribution in [1.82, 2.24) is 10.2 Å². The second-order valence-electron chi connectivity index (χ2n) is 10.9. The average molecular weight is 647 g/mol. The largest absolute Gasteiger partial charge is 0.495 e. The van der Waals surface area contributed by atoms with Crippen molar-refractivity contribution in [1.29, 1.82) is 0 Å². The van der Waals surface area contributed by atoms with E-state index in [0.717, 1.165) is 47.4 Å². The fourth-order valence-corrected chi connectivity index (χ4v) is 6.51. The molecule has 1 N–H and O–H groups in total. The zero-order chi connectivity index (χ0) is 31.1. The summed E-state index contributed by atoms with van der Waals surface area (Å²) < 4.78 is 32.7. The van der Waals surface area contributed by atoms with Crippen LogP contribution in [-0.2, 0) is 32.6 Å². The number of methoxy groups -OCH3 is 1. The molecule has 2 amide bonds. The summed E-state index contributed by atoms with van der Waals surface area (Å²) in [6, 6.07) is 18.7. The molecule has 1 fully saturated rings. The van der Waals surface area contributed by atoms with Gasteiger partial charge in [0.2, 0.25) is 21.8 Å². The highest BCUT2D eigenvalue weighted by molar-refractivity contribution is 7.92. The van der Waals surface area contributed by atoms with Crippen LogP contribution in [0.15, 0.2) is 66.7 Å². The Balaban J connectivity index is 1.77. The summed E-state index contributed by atoms with van der Waals surface area (Å²) in [4.78, 5) is 29.7. The van der Waals surface area contributed by atoms with Crippen LogP contribution in [0.1, 0.15) is 42.4 Å². The van der Waals surface area contributed by atoms with Gasteiger partial charge in [0.25, 0.3) is 0 Å². The number of aryl methyl sites for hydroxylation is 1. The lowest BCUT2D eigenvalue weighted by molar-refractivity contribution is -0.140. The van der Waals surface area contributed by atoms with Gasteiger partial charge in [-0.15, -0.1) is 0 Å². The molecule has 0 spiro atoms. The van der Waals surface area contributed by atoms with Crippen molar-refractivity contribution in [3.8, 4) is 5.75 Å². The lowest BCUT2D eigenvalue weighted by Gasteiger charge is -2.34. The topological polar surface area (TPSA) is 96.0 Å².